The third-order valence-corrected chi connectivity index (χ3v) is 5.18. The maximum atomic E-state index is 12.1. The first-order valence-corrected chi connectivity index (χ1v) is 10.1. The van der Waals surface area contributed by atoms with Crippen molar-refractivity contribution in [2.45, 2.75) is 25.1 Å². The lowest BCUT2D eigenvalue weighted by Crippen LogP contribution is -2.37. The number of nitrogen functional groups attached to an aromatic ring is 1. The molecule has 0 aliphatic carbocycles. The highest BCUT2D eigenvalue weighted by atomic mass is 19.4. The minimum absolute atomic E-state index is 0.300. The van der Waals surface area contributed by atoms with Crippen molar-refractivity contribution in [1.29, 1.82) is 0 Å². The van der Waals surface area contributed by atoms with Crippen LogP contribution in [0.2, 0.25) is 0 Å². The van der Waals surface area contributed by atoms with Crippen LogP contribution in [0, 0.1) is 18.8 Å². The van der Waals surface area contributed by atoms with Crippen LogP contribution in [0.25, 0.3) is 22.3 Å². The number of hydrogen-bond acceptors (Lipinski definition) is 7. The minimum atomic E-state index is -5.08. The van der Waals surface area contributed by atoms with Gasteiger partial charge in [-0.2, -0.15) is 13.2 Å². The number of likely N-dealkylation sites (N-methyl/N-ethyl adjacent to an activating group) is 1. The minimum Gasteiger partial charge on any atom is -0.475 e. The van der Waals surface area contributed by atoms with E-state index in [0.717, 1.165) is 16.5 Å². The summed E-state index contributed by atoms with van der Waals surface area (Å²) in [6.07, 6.45) is -1.46. The number of carbonyl (C=O) groups is 2. The van der Waals surface area contributed by atoms with E-state index in [2.05, 4.69) is 26.8 Å². The highest BCUT2D eigenvalue weighted by molar-refractivity contribution is 5.90. The molecule has 2 aromatic heterocycles. The molecule has 9 nitrogen and oxygen atoms in total. The van der Waals surface area contributed by atoms with Crippen molar-refractivity contribution in [3.63, 3.8) is 0 Å². The molecule has 0 bridgehead atoms. The van der Waals surface area contributed by atoms with Crippen LogP contribution in [0.4, 0.5) is 19.0 Å². The zero-order valence-corrected chi connectivity index (χ0v) is 18.6. The van der Waals surface area contributed by atoms with Gasteiger partial charge >= 0.3 is 12.1 Å². The molecule has 0 unspecified atom stereocenters. The molecular weight excluding hydrogens is 467 g/mol. The lowest BCUT2D eigenvalue weighted by atomic mass is 10.0. The highest BCUT2D eigenvalue weighted by Gasteiger charge is 2.42. The van der Waals surface area contributed by atoms with E-state index in [1.807, 2.05) is 25.1 Å². The molecular formula is C23H20F3N5O4. The number of aliphatic carboxylic acids is 1. The first kappa shape index (κ1) is 25.4. The molecule has 0 radical (unpaired) electrons. The number of hydrogen-bond donors (Lipinski definition) is 3. The summed E-state index contributed by atoms with van der Waals surface area (Å²) < 4.78 is 31.7. The second-order valence-electron chi connectivity index (χ2n) is 7.75. The quantitative estimate of drug-likeness (QED) is 0.443. The van der Waals surface area contributed by atoms with E-state index in [4.69, 9.17) is 15.6 Å². The van der Waals surface area contributed by atoms with Crippen molar-refractivity contribution >= 4 is 28.6 Å². The molecule has 182 valence electrons. The van der Waals surface area contributed by atoms with E-state index in [1.165, 1.54) is 4.90 Å². The molecule has 0 spiro atoms. The van der Waals surface area contributed by atoms with Crippen LogP contribution in [0.15, 0.2) is 36.7 Å². The summed E-state index contributed by atoms with van der Waals surface area (Å²) in [5, 5.41) is 18.4. The molecule has 1 atom stereocenters. The topological polar surface area (TPSA) is 143 Å². The smallest absolute Gasteiger partial charge is 0.475 e. The Morgan fingerprint density at radius 3 is 2.54 bits per heavy atom. The SMILES string of the molecule is Cc1ccc(-c2ncc3ccnc(N)c3n2)cc1C#C[C@]1(O)CCN(C)C1=O.O=C(O)C(F)(F)F. The number of nitrogens with zero attached hydrogens (tertiary/aromatic N) is 4. The molecule has 4 N–H and O–H groups in total. The summed E-state index contributed by atoms with van der Waals surface area (Å²) in [4.78, 5) is 35.5. The summed E-state index contributed by atoms with van der Waals surface area (Å²) in [7, 11) is 1.66. The van der Waals surface area contributed by atoms with Crippen molar-refractivity contribution in [1.82, 2.24) is 19.9 Å². The Kier molecular flexibility index (Phi) is 6.93. The predicted octanol–water partition coefficient (Wildman–Crippen LogP) is 2.16. The van der Waals surface area contributed by atoms with Crippen molar-refractivity contribution in [3.8, 4) is 23.2 Å². The van der Waals surface area contributed by atoms with Gasteiger partial charge in [0.1, 0.15) is 11.3 Å². The normalized spacial score (nSPS) is 17.4. The van der Waals surface area contributed by atoms with Gasteiger partial charge in [0.2, 0.25) is 5.60 Å². The number of rotatable bonds is 1. The van der Waals surface area contributed by atoms with Gasteiger partial charge in [0.25, 0.3) is 5.91 Å². The molecule has 35 heavy (non-hydrogen) atoms. The van der Waals surface area contributed by atoms with Crippen molar-refractivity contribution in [3.05, 3.63) is 47.8 Å². The number of likely N-dealkylation sites (tertiary alicyclic amines) is 1. The van der Waals surface area contributed by atoms with Crippen LogP contribution < -0.4 is 5.73 Å². The van der Waals surface area contributed by atoms with Crippen LogP contribution in [0.1, 0.15) is 17.5 Å². The fraction of sp³-hybridized carbons (Fsp3) is 0.261. The van der Waals surface area contributed by atoms with E-state index in [0.29, 0.717) is 35.7 Å². The van der Waals surface area contributed by atoms with Crippen molar-refractivity contribution in [2.24, 2.45) is 0 Å². The number of aliphatic hydroxyl groups is 1. The Balaban J connectivity index is 0.000000429. The third-order valence-electron chi connectivity index (χ3n) is 5.18. The highest BCUT2D eigenvalue weighted by Crippen LogP contribution is 2.24. The number of aromatic nitrogens is 3. The Labute approximate surface area is 197 Å². The molecule has 1 amide bonds. The summed E-state index contributed by atoms with van der Waals surface area (Å²) >= 11 is 0. The fourth-order valence-electron chi connectivity index (χ4n) is 3.15. The Morgan fingerprint density at radius 2 is 1.94 bits per heavy atom. The lowest BCUT2D eigenvalue weighted by Gasteiger charge is -2.13. The van der Waals surface area contributed by atoms with Crippen LogP contribution in [0.3, 0.4) is 0 Å². The van der Waals surface area contributed by atoms with Gasteiger partial charge in [0.15, 0.2) is 5.82 Å². The average Bonchev–Trinajstić information content (AvgIpc) is 3.06. The molecule has 1 aliphatic heterocycles. The lowest BCUT2D eigenvalue weighted by molar-refractivity contribution is -0.192. The summed E-state index contributed by atoms with van der Waals surface area (Å²) in [6.45, 7) is 2.41. The number of alkyl halides is 3. The van der Waals surface area contributed by atoms with Gasteiger partial charge in [-0.25, -0.2) is 19.7 Å². The van der Waals surface area contributed by atoms with Gasteiger partial charge in [-0.05, 0) is 24.6 Å². The Hall–Kier alpha value is -4.24. The van der Waals surface area contributed by atoms with Crippen LogP contribution >= 0.6 is 0 Å². The molecule has 12 heteroatoms. The number of amides is 1. The summed E-state index contributed by atoms with van der Waals surface area (Å²) in [5.74, 6) is 3.45. The molecule has 1 aliphatic rings. The van der Waals surface area contributed by atoms with Crippen molar-refractivity contribution < 1.29 is 33.0 Å². The second kappa shape index (κ2) is 9.55. The predicted molar refractivity (Wildman–Crippen MR) is 120 cm³/mol. The Bertz CT molecular complexity index is 1370. The molecule has 3 heterocycles. The number of anilines is 1. The van der Waals surface area contributed by atoms with E-state index < -0.39 is 17.7 Å². The number of benzene rings is 1. The van der Waals surface area contributed by atoms with E-state index in [9.17, 15) is 23.1 Å². The van der Waals surface area contributed by atoms with Crippen LogP contribution in [-0.2, 0) is 9.59 Å². The van der Waals surface area contributed by atoms with Gasteiger partial charge in [-0.15, -0.1) is 0 Å². The Morgan fingerprint density at radius 1 is 1.26 bits per heavy atom. The number of fused-ring (bicyclic) bond motifs is 1. The van der Waals surface area contributed by atoms with Crippen LogP contribution in [-0.4, -0.2) is 67.3 Å². The number of carbonyl (C=O) groups excluding carboxylic acids is 1. The second-order valence-corrected chi connectivity index (χ2v) is 7.75. The van der Waals surface area contributed by atoms with Crippen molar-refractivity contribution in [2.75, 3.05) is 19.3 Å². The molecule has 4 rings (SSSR count). The average molecular weight is 487 g/mol. The molecule has 3 aromatic rings. The largest absolute Gasteiger partial charge is 0.490 e. The third kappa shape index (κ3) is 5.64. The molecule has 1 saturated heterocycles. The first-order valence-electron chi connectivity index (χ1n) is 10.1. The fourth-order valence-corrected chi connectivity index (χ4v) is 3.15. The number of nitrogens with two attached hydrogens (primary N) is 1. The standard InChI is InChI=1S/C21H19N5O2.C2HF3O2/c1-13-3-4-15(19-24-12-16-6-9-23-18(22)17(16)25-19)11-14(13)5-7-21(28)8-10-26(2)20(21)27;3-2(4,5)1(6)7/h3-4,6,9,11-12,28H,8,10H2,1-2H3,(H2,22,23);(H,6,7)/t21-;/m0./s1. The number of aryl methyl sites for hydroxylation is 1. The summed E-state index contributed by atoms with van der Waals surface area (Å²) in [5.41, 5.74) is 7.29. The zero-order valence-electron chi connectivity index (χ0n) is 18.6. The van der Waals surface area contributed by atoms with E-state index in [-0.39, 0.29) is 5.91 Å². The number of carboxylic acid groups (broad SMARTS) is 1. The van der Waals surface area contributed by atoms with Gasteiger partial charge in [-0.3, -0.25) is 4.79 Å². The maximum absolute atomic E-state index is 12.1. The molecule has 0 saturated carbocycles. The van der Waals surface area contributed by atoms with Crippen LogP contribution in [0.5, 0.6) is 0 Å². The van der Waals surface area contributed by atoms with Gasteiger partial charge in [0, 0.05) is 48.9 Å². The number of pyridine rings is 1. The number of carboxylic acids is 1. The number of halogens is 3. The van der Waals surface area contributed by atoms with Gasteiger partial charge in [-0.1, -0.05) is 24.0 Å². The zero-order chi connectivity index (χ0) is 26.0. The van der Waals surface area contributed by atoms with E-state index in [1.54, 1.807) is 25.5 Å². The van der Waals surface area contributed by atoms with E-state index >= 15 is 0 Å². The molecule has 1 aromatic carbocycles. The monoisotopic (exact) mass is 487 g/mol. The molecule has 1 fully saturated rings. The van der Waals surface area contributed by atoms with Gasteiger partial charge in [0.05, 0.1) is 0 Å². The van der Waals surface area contributed by atoms with Gasteiger partial charge < -0.3 is 20.8 Å². The maximum Gasteiger partial charge on any atom is 0.490 e. The first-order chi connectivity index (χ1) is 16.3. The summed E-state index contributed by atoms with van der Waals surface area (Å²) in [6, 6.07) is 7.46.